The molecule has 100 heavy (non-hydrogen) atoms. The average molecular weight is 1370 g/mol. The van der Waals surface area contributed by atoms with Crippen LogP contribution in [0.5, 0.6) is 51.7 Å². The molecule has 6 rings (SSSR count). The topological polar surface area (TPSA) is 163 Å². The van der Waals surface area contributed by atoms with Crippen molar-refractivity contribution < 1.29 is 47.9 Å². The Bertz CT molecular complexity index is 3730. The highest BCUT2D eigenvalue weighted by atomic mass is 16.7. The summed E-state index contributed by atoms with van der Waals surface area (Å²) in [6, 6.07) is 34.5. The molecule has 13 nitrogen and oxygen atoms in total. The van der Waals surface area contributed by atoms with Crippen molar-refractivity contribution in [3.05, 3.63) is 148 Å². The van der Waals surface area contributed by atoms with Gasteiger partial charge in [-0.1, -0.05) is 216 Å². The van der Waals surface area contributed by atoms with E-state index in [9.17, 15) is 14.7 Å². The molecule has 6 aromatic carbocycles. The molecular formula is C87H125N3O10. The molecule has 0 aliphatic carbocycles. The minimum atomic E-state index is -1.57. The van der Waals surface area contributed by atoms with Gasteiger partial charge in [0.2, 0.25) is 11.7 Å². The van der Waals surface area contributed by atoms with Crippen molar-refractivity contribution in [2.45, 2.75) is 294 Å². The van der Waals surface area contributed by atoms with Crippen molar-refractivity contribution in [3.8, 4) is 51.7 Å². The van der Waals surface area contributed by atoms with Gasteiger partial charge in [-0.2, -0.15) is 0 Å². The van der Waals surface area contributed by atoms with Crippen LogP contribution in [0.1, 0.15) is 283 Å². The highest BCUT2D eigenvalue weighted by molar-refractivity contribution is 5.96. The number of carbonyl (C=O) groups excluding carboxylic acids is 3. The molecule has 0 spiro atoms. The lowest BCUT2D eigenvalue weighted by Crippen LogP contribution is -2.43. The van der Waals surface area contributed by atoms with Gasteiger partial charge in [0.05, 0.1) is 12.3 Å². The van der Waals surface area contributed by atoms with Crippen molar-refractivity contribution in [1.29, 1.82) is 0 Å². The Morgan fingerprint density at radius 2 is 0.900 bits per heavy atom. The largest absolute Gasteiger partial charge is 0.504 e. The molecule has 0 radical (unpaired) electrons. The highest BCUT2D eigenvalue weighted by Crippen LogP contribution is 2.52. The van der Waals surface area contributed by atoms with Crippen LogP contribution in [0.3, 0.4) is 0 Å². The Hall–Kier alpha value is -7.67. The van der Waals surface area contributed by atoms with Gasteiger partial charge in [-0.25, -0.2) is 0 Å². The van der Waals surface area contributed by atoms with E-state index in [2.05, 4.69) is 218 Å². The van der Waals surface area contributed by atoms with Crippen LogP contribution in [-0.2, 0) is 52.3 Å². The maximum absolute atomic E-state index is 15.0. The molecule has 0 heterocycles. The van der Waals surface area contributed by atoms with Crippen molar-refractivity contribution in [3.63, 3.8) is 0 Å². The molecule has 13 heteroatoms. The van der Waals surface area contributed by atoms with Crippen molar-refractivity contribution >= 4 is 29.1 Å². The van der Waals surface area contributed by atoms with Crippen LogP contribution < -0.4 is 44.4 Å². The van der Waals surface area contributed by atoms with Crippen molar-refractivity contribution in [2.75, 3.05) is 23.8 Å². The first kappa shape index (κ1) is 81.3. The maximum Gasteiger partial charge on any atom is 0.321 e. The van der Waals surface area contributed by atoms with E-state index in [1.807, 2.05) is 32.0 Å². The lowest BCUT2D eigenvalue weighted by molar-refractivity contribution is -0.140. The first-order chi connectivity index (χ1) is 46.6. The van der Waals surface area contributed by atoms with Crippen LogP contribution in [0.15, 0.2) is 109 Å². The van der Waals surface area contributed by atoms with Crippen LogP contribution in [0, 0.1) is 5.41 Å². The predicted molar refractivity (Wildman–Crippen MR) is 413 cm³/mol. The zero-order valence-electron chi connectivity index (χ0n) is 65.9. The first-order valence-corrected chi connectivity index (χ1v) is 37.1. The number of benzene rings is 6. The number of nitrogens with one attached hydrogen (secondary N) is 3. The monoisotopic (exact) mass is 1370 g/mol. The molecule has 2 atom stereocenters. The number of hydrogen-bond donors (Lipinski definition) is 4. The third-order valence-electron chi connectivity index (χ3n) is 21.3. The number of aromatic hydroxyl groups is 1. The molecule has 0 aromatic heterocycles. The molecule has 0 fully saturated rings. The molecule has 0 saturated carbocycles. The van der Waals surface area contributed by atoms with Crippen LogP contribution in [-0.4, -0.2) is 48.4 Å². The SMILES string of the molecule is CCCNC(=O)C(Oc1cc(Oc2c(C(C)(C)CC(C)(C)C)ccc(O)c2Oc2ccc(NC(=O)CCCOc3ccc(C(C)(C)CC)cc3C(C)(C)CC)cc2)ccc1NC(=O)C(CC)Oc1ccc(C(C)(C)CC)cc1C(C)(C)CC)Oc1ccc(C(C)(C)CC)cc1C(C)(C)CC. The predicted octanol–water partition coefficient (Wildman–Crippen LogP) is 22.7. The summed E-state index contributed by atoms with van der Waals surface area (Å²) in [5, 5.41) is 21.2. The summed E-state index contributed by atoms with van der Waals surface area (Å²) < 4.78 is 40.8. The van der Waals surface area contributed by atoms with Crippen LogP contribution in [0.25, 0.3) is 0 Å². The Morgan fingerprint density at radius 1 is 0.440 bits per heavy atom. The fraction of sp³-hybridized carbons (Fsp3) is 0.552. The minimum absolute atomic E-state index is 0.0384. The van der Waals surface area contributed by atoms with E-state index in [0.29, 0.717) is 61.8 Å². The van der Waals surface area contributed by atoms with Gasteiger partial charge < -0.3 is 49.5 Å². The highest BCUT2D eigenvalue weighted by Gasteiger charge is 2.37. The van der Waals surface area contributed by atoms with E-state index in [0.717, 1.165) is 66.5 Å². The van der Waals surface area contributed by atoms with Gasteiger partial charge in [0, 0.05) is 47.0 Å². The number of amides is 3. The lowest BCUT2D eigenvalue weighted by atomic mass is 9.72. The van der Waals surface area contributed by atoms with Gasteiger partial charge in [0.1, 0.15) is 28.7 Å². The van der Waals surface area contributed by atoms with Crippen LogP contribution in [0.2, 0.25) is 0 Å². The number of rotatable bonds is 36. The third kappa shape index (κ3) is 20.8. The number of anilines is 2. The molecule has 6 aromatic rings. The van der Waals surface area contributed by atoms with E-state index in [1.54, 1.807) is 48.5 Å². The molecule has 2 unspecified atom stereocenters. The number of carbonyl (C=O) groups is 3. The van der Waals surface area contributed by atoms with E-state index in [4.69, 9.17) is 28.4 Å². The summed E-state index contributed by atoms with van der Waals surface area (Å²) in [4.78, 5) is 43.2. The van der Waals surface area contributed by atoms with Gasteiger partial charge in [0.15, 0.2) is 23.4 Å². The molecule has 4 N–H and O–H groups in total. The Kier molecular flexibility index (Phi) is 27.2. The van der Waals surface area contributed by atoms with E-state index in [-0.39, 0.29) is 84.7 Å². The van der Waals surface area contributed by atoms with Crippen molar-refractivity contribution in [1.82, 2.24) is 5.32 Å². The summed E-state index contributed by atoms with van der Waals surface area (Å²) in [5.74, 6) is 1.62. The zero-order chi connectivity index (χ0) is 74.6. The number of hydrogen-bond acceptors (Lipinski definition) is 10. The number of phenols is 1. The van der Waals surface area contributed by atoms with Gasteiger partial charge in [-0.3, -0.25) is 14.4 Å². The average Bonchev–Trinajstić information content (AvgIpc) is 0.794. The molecule has 0 aliphatic rings. The fourth-order valence-corrected chi connectivity index (χ4v) is 12.3. The standard InChI is InChI=1S/C87H125N3O10/c1-26-50-88-78(94)79(99-72-49-38-59(83(16,17)30-5)54-66(72)86(22,23)33-8)100-73-55-62(43-45-67(73)90-77(93)69(27-2)98-71-48-37-58(82(14,15)29-4)53-65(71)85(20,21)32-7)97-75-63(87(24,25)56-80(9,10)11)44-46-68(91)76(75)96-61-41-39-60(40-42-61)89-74(92)35-34-51-95-70-47-36-57(81(12,13)28-3)52-64(70)84(18,19)31-6/h36-49,52-55,69,79,91H,26-35,50-51,56H2,1-25H3,(H,88,94)(H,89,92)(H,90,93). The zero-order valence-corrected chi connectivity index (χ0v) is 65.9. The second kappa shape index (κ2) is 33.4. The summed E-state index contributed by atoms with van der Waals surface area (Å²) in [5.41, 5.74) is 6.69. The molecule has 0 saturated heterocycles. The summed E-state index contributed by atoms with van der Waals surface area (Å²) in [6.07, 6.45) is 5.41. The lowest BCUT2D eigenvalue weighted by Gasteiger charge is -2.34. The number of phenolic OH excluding ortho intramolecular Hbond substituents is 1. The van der Waals surface area contributed by atoms with E-state index < -0.39 is 29.6 Å². The number of ether oxygens (including phenoxy) is 6. The van der Waals surface area contributed by atoms with Gasteiger partial charge in [-0.05, 0) is 185 Å². The van der Waals surface area contributed by atoms with E-state index in [1.165, 1.54) is 16.7 Å². The van der Waals surface area contributed by atoms with Gasteiger partial charge >= 0.3 is 12.2 Å². The maximum atomic E-state index is 15.0. The van der Waals surface area contributed by atoms with Gasteiger partial charge in [-0.15, -0.1) is 0 Å². The van der Waals surface area contributed by atoms with Crippen molar-refractivity contribution in [2.24, 2.45) is 5.41 Å². The summed E-state index contributed by atoms with van der Waals surface area (Å²) in [6.45, 7) is 55.2. The second-order valence-corrected chi connectivity index (χ2v) is 33.2. The van der Waals surface area contributed by atoms with Crippen LogP contribution in [0.4, 0.5) is 11.4 Å². The third-order valence-corrected chi connectivity index (χ3v) is 21.3. The normalized spacial score (nSPS) is 13.2. The van der Waals surface area contributed by atoms with E-state index >= 15 is 4.79 Å². The van der Waals surface area contributed by atoms with Gasteiger partial charge in [0.25, 0.3) is 5.91 Å². The molecule has 0 bridgehead atoms. The van der Waals surface area contributed by atoms with Crippen LogP contribution >= 0.6 is 0 Å². The molecule has 3 amide bonds. The minimum Gasteiger partial charge on any atom is -0.504 e. The Labute approximate surface area is 602 Å². The smallest absolute Gasteiger partial charge is 0.321 e. The Morgan fingerprint density at radius 3 is 1.38 bits per heavy atom. The quantitative estimate of drug-likeness (QED) is 0.0220. The molecule has 0 aliphatic heterocycles. The molecular weight excluding hydrogens is 1250 g/mol. The summed E-state index contributed by atoms with van der Waals surface area (Å²) in [7, 11) is 0. The Balaban J connectivity index is 1.41. The summed E-state index contributed by atoms with van der Waals surface area (Å²) >= 11 is 0. The second-order valence-electron chi connectivity index (χ2n) is 33.2. The fourth-order valence-electron chi connectivity index (χ4n) is 12.3. The molecule has 548 valence electrons. The first-order valence-electron chi connectivity index (χ1n) is 37.1.